The Kier molecular flexibility index (Phi) is 3.40. The van der Waals surface area contributed by atoms with Crippen molar-refractivity contribution in [2.75, 3.05) is 5.75 Å². The van der Waals surface area contributed by atoms with E-state index in [1.54, 1.807) is 6.33 Å². The van der Waals surface area contributed by atoms with Crippen LogP contribution in [0.25, 0.3) is 0 Å². The zero-order valence-electron chi connectivity index (χ0n) is 8.68. The van der Waals surface area contributed by atoms with Gasteiger partial charge in [-0.1, -0.05) is 11.8 Å². The molecule has 0 aliphatic carbocycles. The fourth-order valence-corrected chi connectivity index (χ4v) is 2.31. The van der Waals surface area contributed by atoms with E-state index in [4.69, 9.17) is 0 Å². The molecule has 1 N–H and O–H groups in total. The molecule has 0 fully saturated rings. The molecule has 2 heterocycles. The van der Waals surface area contributed by atoms with Gasteiger partial charge in [0.25, 0.3) is 0 Å². The number of H-pyrrole nitrogens is 1. The van der Waals surface area contributed by atoms with Crippen molar-refractivity contribution in [3.05, 3.63) is 42.6 Å². The number of pyridine rings is 1. The Hall–Kier alpha value is -1.29. The second-order valence-corrected chi connectivity index (χ2v) is 4.44. The first kappa shape index (κ1) is 10.2. The zero-order chi connectivity index (χ0) is 10.5. The second-order valence-electron chi connectivity index (χ2n) is 3.33. The van der Waals surface area contributed by atoms with Crippen molar-refractivity contribution in [2.45, 2.75) is 11.4 Å². The van der Waals surface area contributed by atoms with Crippen LogP contribution < -0.4 is 4.57 Å². The number of nitrogens with zero attached hydrogens (tertiary/aromatic N) is 2. The monoisotopic (exact) mass is 220 g/mol. The van der Waals surface area contributed by atoms with Crippen molar-refractivity contribution in [3.63, 3.8) is 0 Å². The van der Waals surface area contributed by atoms with E-state index < -0.39 is 0 Å². The number of aromatic nitrogens is 3. The smallest absolute Gasteiger partial charge is 0.239 e. The molecule has 0 bridgehead atoms. The summed E-state index contributed by atoms with van der Waals surface area (Å²) in [6.07, 6.45) is 6.70. The Morgan fingerprint density at radius 3 is 3.13 bits per heavy atom. The maximum atomic E-state index is 4.00. The number of nitrogens with one attached hydrogen (secondary N) is 1. The number of thioether (sulfide) groups is 1. The number of aromatic amines is 1. The van der Waals surface area contributed by atoms with E-state index in [9.17, 15) is 0 Å². The molecule has 78 valence electrons. The van der Waals surface area contributed by atoms with Gasteiger partial charge in [-0.05, 0) is 12.5 Å². The van der Waals surface area contributed by atoms with Gasteiger partial charge < -0.3 is 4.98 Å². The highest BCUT2D eigenvalue weighted by Gasteiger charge is 2.04. The summed E-state index contributed by atoms with van der Waals surface area (Å²) in [5, 5.41) is 1.29. The first-order chi connectivity index (χ1) is 7.36. The maximum Gasteiger partial charge on any atom is 0.239 e. The van der Waals surface area contributed by atoms with Crippen LogP contribution >= 0.6 is 11.8 Å². The highest BCUT2D eigenvalue weighted by atomic mass is 32.2. The molecular formula is C11H14N3S+. The van der Waals surface area contributed by atoms with Crippen molar-refractivity contribution in [3.8, 4) is 0 Å². The van der Waals surface area contributed by atoms with Crippen LogP contribution in [0, 0.1) is 0 Å². The first-order valence-corrected chi connectivity index (χ1v) is 5.89. The highest BCUT2D eigenvalue weighted by molar-refractivity contribution is 7.99. The van der Waals surface area contributed by atoms with Crippen LogP contribution in [0.2, 0.25) is 0 Å². The third kappa shape index (κ3) is 2.83. The Bertz CT molecular complexity index is 412. The molecule has 4 heteroatoms. The van der Waals surface area contributed by atoms with Gasteiger partial charge in [-0.25, -0.2) is 4.98 Å². The fourth-order valence-electron chi connectivity index (χ4n) is 1.34. The summed E-state index contributed by atoms with van der Waals surface area (Å²) >= 11 is 1.86. The number of rotatable bonds is 4. The topological polar surface area (TPSA) is 32.6 Å². The lowest BCUT2D eigenvalue weighted by Gasteiger charge is -1.98. The van der Waals surface area contributed by atoms with Crippen LogP contribution in [0.3, 0.4) is 0 Å². The third-order valence-corrected chi connectivity index (χ3v) is 3.31. The van der Waals surface area contributed by atoms with Crippen LogP contribution in [0.1, 0.15) is 5.69 Å². The molecule has 3 nitrogen and oxygen atoms in total. The molecule has 0 aromatic carbocycles. The van der Waals surface area contributed by atoms with Crippen molar-refractivity contribution >= 4 is 11.8 Å². The van der Waals surface area contributed by atoms with Gasteiger partial charge in [0, 0.05) is 29.8 Å². The van der Waals surface area contributed by atoms with E-state index in [-0.39, 0.29) is 0 Å². The average Bonchev–Trinajstić information content (AvgIpc) is 2.74. The van der Waals surface area contributed by atoms with Crippen LogP contribution in [0.4, 0.5) is 0 Å². The lowest BCUT2D eigenvalue weighted by Crippen LogP contribution is -2.29. The molecule has 15 heavy (non-hydrogen) atoms. The number of imidazole rings is 1. The normalized spacial score (nSPS) is 10.5. The van der Waals surface area contributed by atoms with Gasteiger partial charge in [0.1, 0.15) is 7.05 Å². The zero-order valence-corrected chi connectivity index (χ0v) is 9.50. The van der Waals surface area contributed by atoms with Crippen LogP contribution in [0.15, 0.2) is 41.9 Å². The van der Waals surface area contributed by atoms with Gasteiger partial charge in [-0.3, -0.25) is 0 Å². The highest BCUT2D eigenvalue weighted by Crippen LogP contribution is 2.13. The molecule has 0 aliphatic heterocycles. The fraction of sp³-hybridized carbons (Fsp3) is 0.273. The van der Waals surface area contributed by atoms with Gasteiger partial charge >= 0.3 is 0 Å². The molecule has 0 spiro atoms. The number of hydrogen-bond donors (Lipinski definition) is 1. The Morgan fingerprint density at radius 1 is 1.47 bits per heavy atom. The van der Waals surface area contributed by atoms with Crippen molar-refractivity contribution in [2.24, 2.45) is 7.05 Å². The number of aryl methyl sites for hydroxylation is 2. The van der Waals surface area contributed by atoms with E-state index in [1.165, 1.54) is 10.7 Å². The molecule has 2 aromatic heterocycles. The molecule has 2 rings (SSSR count). The molecule has 0 amide bonds. The molecule has 0 aliphatic rings. The standard InChI is InChI=1S/C11H14N3S/c1-14-6-3-2-4-11(14)15-7-5-10-8-12-9-13-10/h2-4,6,8-9H,5,7H2,1H3,(H,12,13)/q+1. The molecule has 0 unspecified atom stereocenters. The van der Waals surface area contributed by atoms with Gasteiger partial charge in [0.2, 0.25) is 5.03 Å². The summed E-state index contributed by atoms with van der Waals surface area (Å²) in [7, 11) is 2.07. The summed E-state index contributed by atoms with van der Waals surface area (Å²) in [4.78, 5) is 7.10. The lowest BCUT2D eigenvalue weighted by molar-refractivity contribution is -0.708. The third-order valence-electron chi connectivity index (χ3n) is 2.18. The number of hydrogen-bond acceptors (Lipinski definition) is 2. The van der Waals surface area contributed by atoms with E-state index in [1.807, 2.05) is 24.0 Å². The Morgan fingerprint density at radius 2 is 2.40 bits per heavy atom. The van der Waals surface area contributed by atoms with Crippen molar-refractivity contribution < 1.29 is 4.57 Å². The van der Waals surface area contributed by atoms with E-state index in [0.29, 0.717) is 0 Å². The summed E-state index contributed by atoms with van der Waals surface area (Å²) < 4.78 is 2.14. The van der Waals surface area contributed by atoms with Gasteiger partial charge in [-0.2, -0.15) is 4.57 Å². The first-order valence-electron chi connectivity index (χ1n) is 4.91. The van der Waals surface area contributed by atoms with Crippen LogP contribution in [-0.2, 0) is 13.5 Å². The quantitative estimate of drug-likeness (QED) is 0.626. The predicted octanol–water partition coefficient (Wildman–Crippen LogP) is 1.57. The largest absolute Gasteiger partial charge is 0.348 e. The van der Waals surface area contributed by atoms with Gasteiger partial charge in [0.05, 0.1) is 6.33 Å². The van der Waals surface area contributed by atoms with E-state index in [0.717, 1.165) is 12.2 Å². The van der Waals surface area contributed by atoms with E-state index in [2.05, 4.69) is 39.9 Å². The Balaban J connectivity index is 1.86. The van der Waals surface area contributed by atoms with E-state index >= 15 is 0 Å². The maximum absolute atomic E-state index is 4.00. The van der Waals surface area contributed by atoms with Gasteiger partial charge in [0.15, 0.2) is 6.20 Å². The van der Waals surface area contributed by atoms with Crippen molar-refractivity contribution in [1.29, 1.82) is 0 Å². The predicted molar refractivity (Wildman–Crippen MR) is 60.6 cm³/mol. The van der Waals surface area contributed by atoms with Gasteiger partial charge in [-0.15, -0.1) is 0 Å². The van der Waals surface area contributed by atoms with Crippen LogP contribution in [0.5, 0.6) is 0 Å². The summed E-state index contributed by atoms with van der Waals surface area (Å²) in [6, 6.07) is 6.25. The minimum absolute atomic E-state index is 1.03. The summed E-state index contributed by atoms with van der Waals surface area (Å²) in [6.45, 7) is 0. The lowest BCUT2D eigenvalue weighted by atomic mass is 10.4. The van der Waals surface area contributed by atoms with Crippen LogP contribution in [-0.4, -0.2) is 15.7 Å². The molecule has 0 radical (unpaired) electrons. The SMILES string of the molecule is C[n+]1ccccc1SCCc1cnc[nH]1. The minimum Gasteiger partial charge on any atom is -0.348 e. The average molecular weight is 220 g/mol. The Labute approximate surface area is 93.6 Å². The van der Waals surface area contributed by atoms with Crippen molar-refractivity contribution in [1.82, 2.24) is 9.97 Å². The molecule has 0 saturated carbocycles. The molecular weight excluding hydrogens is 206 g/mol. The summed E-state index contributed by atoms with van der Waals surface area (Å²) in [5.74, 6) is 1.07. The molecule has 0 saturated heterocycles. The molecule has 2 aromatic rings. The summed E-state index contributed by atoms with van der Waals surface area (Å²) in [5.41, 5.74) is 1.20. The minimum atomic E-state index is 1.03. The second kappa shape index (κ2) is 4.98. The molecule has 0 atom stereocenters.